The monoisotopic (exact) mass is 398 g/mol. The molecule has 0 bridgehead atoms. The van der Waals surface area contributed by atoms with Crippen molar-refractivity contribution in [1.82, 2.24) is 14.8 Å². The van der Waals surface area contributed by atoms with Crippen LogP contribution in [0.3, 0.4) is 0 Å². The third kappa shape index (κ3) is 3.58. The maximum atomic E-state index is 12.8. The molecule has 0 spiro atoms. The molecule has 1 amide bonds. The Kier molecular flexibility index (Phi) is 4.67. The highest BCUT2D eigenvalue weighted by atomic mass is 32.1. The second-order valence-corrected chi connectivity index (χ2v) is 8.37. The minimum Gasteiger partial charge on any atom is -0.488 e. The van der Waals surface area contributed by atoms with Gasteiger partial charge in [-0.1, -0.05) is 0 Å². The molecular weight excluding hydrogens is 380 g/mol. The summed E-state index contributed by atoms with van der Waals surface area (Å²) in [7, 11) is 1.81. The van der Waals surface area contributed by atoms with Crippen LogP contribution in [0.15, 0.2) is 36.0 Å². The van der Waals surface area contributed by atoms with Crippen molar-refractivity contribution in [3.63, 3.8) is 0 Å². The van der Waals surface area contributed by atoms with Crippen molar-refractivity contribution in [2.45, 2.75) is 20.5 Å². The van der Waals surface area contributed by atoms with Crippen molar-refractivity contribution in [1.29, 1.82) is 0 Å². The van der Waals surface area contributed by atoms with E-state index in [1.165, 1.54) is 0 Å². The van der Waals surface area contributed by atoms with Crippen LogP contribution in [0.2, 0.25) is 0 Å². The number of ether oxygens (including phenoxy) is 1. The molecule has 1 aromatic carbocycles. The lowest BCUT2D eigenvalue weighted by atomic mass is 10.1. The molecule has 0 atom stereocenters. The summed E-state index contributed by atoms with van der Waals surface area (Å²) in [6.45, 7) is 4.40. The number of thiazole rings is 1. The minimum absolute atomic E-state index is 0.159. The highest BCUT2D eigenvalue weighted by Gasteiger charge is 2.18. The highest BCUT2D eigenvalue weighted by molar-refractivity contribution is 7.19. The molecule has 0 saturated heterocycles. The Bertz CT molecular complexity index is 1130. The summed E-state index contributed by atoms with van der Waals surface area (Å²) in [5.74, 6) is 1.11. The average Bonchev–Trinajstić information content (AvgIpc) is 3.31. The van der Waals surface area contributed by atoms with Crippen molar-refractivity contribution in [3.8, 4) is 5.75 Å². The van der Waals surface area contributed by atoms with E-state index >= 15 is 0 Å². The van der Waals surface area contributed by atoms with Crippen molar-refractivity contribution >= 4 is 44.5 Å². The van der Waals surface area contributed by atoms with Crippen LogP contribution in [-0.2, 0) is 13.7 Å². The average molecular weight is 399 g/mol. The number of rotatable bonds is 5. The van der Waals surface area contributed by atoms with E-state index in [1.807, 2.05) is 44.6 Å². The van der Waals surface area contributed by atoms with Gasteiger partial charge in [0.15, 0.2) is 5.82 Å². The zero-order chi connectivity index (χ0) is 19.0. The van der Waals surface area contributed by atoms with Gasteiger partial charge >= 0.3 is 0 Å². The van der Waals surface area contributed by atoms with E-state index < -0.39 is 0 Å². The molecule has 3 aromatic heterocycles. The summed E-state index contributed by atoms with van der Waals surface area (Å²) in [5, 5.41) is 7.97. The van der Waals surface area contributed by atoms with E-state index in [4.69, 9.17) is 4.74 Å². The second-order valence-electron chi connectivity index (χ2n) is 6.17. The second kappa shape index (κ2) is 7.13. The molecule has 3 heterocycles. The minimum atomic E-state index is -0.159. The molecule has 6 nitrogen and oxygen atoms in total. The number of aryl methyl sites for hydroxylation is 3. The van der Waals surface area contributed by atoms with Gasteiger partial charge in [0.2, 0.25) is 0 Å². The van der Waals surface area contributed by atoms with Gasteiger partial charge in [-0.2, -0.15) is 5.10 Å². The van der Waals surface area contributed by atoms with E-state index in [1.54, 1.807) is 39.6 Å². The molecule has 0 saturated carbocycles. The Morgan fingerprint density at radius 1 is 1.30 bits per heavy atom. The van der Waals surface area contributed by atoms with Crippen molar-refractivity contribution < 1.29 is 9.53 Å². The van der Waals surface area contributed by atoms with E-state index in [0.717, 1.165) is 31.3 Å². The van der Waals surface area contributed by atoms with Crippen LogP contribution in [0, 0.1) is 13.8 Å². The normalized spacial score (nSPS) is 11.1. The third-order valence-corrected chi connectivity index (χ3v) is 6.23. The van der Waals surface area contributed by atoms with Gasteiger partial charge in [-0.05, 0) is 32.0 Å². The van der Waals surface area contributed by atoms with Gasteiger partial charge in [0, 0.05) is 34.3 Å². The zero-order valence-corrected chi connectivity index (χ0v) is 16.8. The predicted octanol–water partition coefficient (Wildman–Crippen LogP) is 4.54. The van der Waals surface area contributed by atoms with Crippen LogP contribution in [-0.4, -0.2) is 20.7 Å². The fourth-order valence-corrected chi connectivity index (χ4v) is 4.58. The number of nitrogens with zero attached hydrogens (tertiary/aromatic N) is 3. The lowest BCUT2D eigenvalue weighted by Crippen LogP contribution is -2.13. The number of hydrogen-bond donors (Lipinski definition) is 1. The number of benzene rings is 1. The molecule has 27 heavy (non-hydrogen) atoms. The van der Waals surface area contributed by atoms with Gasteiger partial charge in [0.25, 0.3) is 5.91 Å². The number of hydrogen-bond acceptors (Lipinski definition) is 6. The van der Waals surface area contributed by atoms with Crippen molar-refractivity contribution in [3.05, 3.63) is 57.0 Å². The number of fused-ring (bicyclic) bond motifs is 1. The Hall–Kier alpha value is -2.71. The fourth-order valence-electron chi connectivity index (χ4n) is 2.85. The molecule has 1 N–H and O–H groups in total. The van der Waals surface area contributed by atoms with E-state index in [-0.39, 0.29) is 5.91 Å². The molecule has 4 rings (SSSR count). The quantitative estimate of drug-likeness (QED) is 0.536. The topological polar surface area (TPSA) is 69.0 Å². The molecule has 0 unspecified atom stereocenters. The van der Waals surface area contributed by atoms with Crippen LogP contribution in [0.1, 0.15) is 25.8 Å². The van der Waals surface area contributed by atoms with Gasteiger partial charge in [-0.25, -0.2) is 4.98 Å². The number of amides is 1. The molecule has 0 aliphatic heterocycles. The van der Waals surface area contributed by atoms with Gasteiger partial charge in [0.05, 0.1) is 21.6 Å². The summed E-state index contributed by atoms with van der Waals surface area (Å²) in [6.07, 6.45) is 1.79. The van der Waals surface area contributed by atoms with Crippen LogP contribution in [0.25, 0.3) is 10.1 Å². The lowest BCUT2D eigenvalue weighted by Gasteiger charge is -2.07. The van der Waals surface area contributed by atoms with E-state index in [2.05, 4.69) is 15.4 Å². The molecular formula is C19H18N4O2S2. The SMILES string of the molecule is Cc1ncsc1COc1ccc2sc(C)c(C(=O)Nc3ccn(C)n3)c2c1. The fraction of sp³-hybridized carbons (Fsp3) is 0.211. The Labute approximate surface area is 164 Å². The van der Waals surface area contributed by atoms with Gasteiger partial charge in [-0.3, -0.25) is 9.48 Å². The standard InChI is InChI=1S/C19H18N4O2S2/c1-11-16(26-10-20-11)9-25-13-4-5-15-14(8-13)18(12(2)27-15)19(24)21-17-6-7-23(3)22-17/h4-8,10H,9H2,1-3H3,(H,21,22,24). The van der Waals surface area contributed by atoms with Gasteiger partial charge < -0.3 is 10.1 Å². The van der Waals surface area contributed by atoms with Crippen LogP contribution < -0.4 is 10.1 Å². The lowest BCUT2D eigenvalue weighted by molar-refractivity contribution is 0.102. The number of aromatic nitrogens is 3. The summed E-state index contributed by atoms with van der Waals surface area (Å²) < 4.78 is 8.64. The van der Waals surface area contributed by atoms with Crippen LogP contribution in [0.4, 0.5) is 5.82 Å². The first-order valence-electron chi connectivity index (χ1n) is 8.37. The molecule has 0 radical (unpaired) electrons. The Morgan fingerprint density at radius 2 is 2.15 bits per heavy atom. The first-order valence-corrected chi connectivity index (χ1v) is 10.1. The molecule has 0 fully saturated rings. The molecule has 0 aliphatic rings. The molecule has 8 heteroatoms. The zero-order valence-electron chi connectivity index (χ0n) is 15.1. The number of nitrogens with one attached hydrogen (secondary N) is 1. The first kappa shape index (κ1) is 17.7. The van der Waals surface area contributed by atoms with Gasteiger partial charge in [-0.15, -0.1) is 22.7 Å². The Balaban J connectivity index is 1.61. The van der Waals surface area contributed by atoms with Crippen LogP contribution >= 0.6 is 22.7 Å². The number of thiophene rings is 1. The van der Waals surface area contributed by atoms with Crippen molar-refractivity contribution in [2.24, 2.45) is 7.05 Å². The number of carbonyl (C=O) groups excluding carboxylic acids is 1. The Morgan fingerprint density at radius 3 is 2.85 bits per heavy atom. The molecule has 4 aromatic rings. The molecule has 138 valence electrons. The first-order chi connectivity index (χ1) is 13.0. The third-order valence-electron chi connectivity index (χ3n) is 4.23. The van der Waals surface area contributed by atoms with E-state index in [9.17, 15) is 4.79 Å². The number of carbonyl (C=O) groups is 1. The summed E-state index contributed by atoms with van der Waals surface area (Å²) in [5.41, 5.74) is 3.47. The summed E-state index contributed by atoms with van der Waals surface area (Å²) in [6, 6.07) is 7.64. The van der Waals surface area contributed by atoms with Gasteiger partial charge in [0.1, 0.15) is 12.4 Å². The summed E-state index contributed by atoms with van der Waals surface area (Å²) in [4.78, 5) is 19.1. The highest BCUT2D eigenvalue weighted by Crippen LogP contribution is 2.34. The smallest absolute Gasteiger partial charge is 0.258 e. The van der Waals surface area contributed by atoms with E-state index in [0.29, 0.717) is 18.0 Å². The maximum absolute atomic E-state index is 12.8. The summed E-state index contributed by atoms with van der Waals surface area (Å²) >= 11 is 3.18. The molecule has 0 aliphatic carbocycles. The number of anilines is 1. The predicted molar refractivity (Wildman–Crippen MR) is 109 cm³/mol. The maximum Gasteiger partial charge on any atom is 0.258 e. The largest absolute Gasteiger partial charge is 0.488 e. The van der Waals surface area contributed by atoms with Crippen molar-refractivity contribution in [2.75, 3.05) is 5.32 Å². The van der Waals surface area contributed by atoms with Crippen LogP contribution in [0.5, 0.6) is 5.75 Å².